The summed E-state index contributed by atoms with van der Waals surface area (Å²) in [5, 5.41) is 3.20. The first-order valence-corrected chi connectivity index (χ1v) is 7.18. The van der Waals surface area contributed by atoms with Gasteiger partial charge in [0.05, 0.1) is 13.2 Å². The molecule has 2 aliphatic rings. The zero-order valence-electron chi connectivity index (χ0n) is 11.2. The molecule has 0 amide bonds. The van der Waals surface area contributed by atoms with Crippen molar-refractivity contribution in [3.05, 3.63) is 0 Å². The van der Waals surface area contributed by atoms with E-state index in [9.17, 15) is 0 Å². The molecule has 0 radical (unpaired) electrons. The van der Waals surface area contributed by atoms with Crippen LogP contribution >= 0.6 is 0 Å². The Morgan fingerprint density at radius 3 is 2.78 bits per heavy atom. The summed E-state index contributed by atoms with van der Waals surface area (Å²) in [6.45, 7) is 6.80. The summed E-state index contributed by atoms with van der Waals surface area (Å²) in [7, 11) is 0. The standard InChI is InChI=1S/C13H26N4O/c14-13(16-11-12-3-1-4-12)15-5-2-6-17-7-9-18-10-8-17/h12H,1-11H2,(H3,14,15,16). The average Bonchev–Trinajstić information content (AvgIpc) is 2.34. The Bertz CT molecular complexity index is 260. The molecule has 1 saturated heterocycles. The van der Waals surface area contributed by atoms with Crippen LogP contribution in [0.2, 0.25) is 0 Å². The highest BCUT2D eigenvalue weighted by Gasteiger charge is 2.16. The van der Waals surface area contributed by atoms with E-state index >= 15 is 0 Å². The number of aliphatic imine (C=N–C) groups is 1. The number of nitrogens with two attached hydrogens (primary N) is 1. The predicted octanol–water partition coefficient (Wildman–Crippen LogP) is 0.413. The van der Waals surface area contributed by atoms with Crippen molar-refractivity contribution in [1.82, 2.24) is 10.2 Å². The van der Waals surface area contributed by atoms with Gasteiger partial charge in [-0.25, -0.2) is 0 Å². The summed E-state index contributed by atoms with van der Waals surface area (Å²) in [4.78, 5) is 6.82. The van der Waals surface area contributed by atoms with Crippen LogP contribution in [0.1, 0.15) is 25.7 Å². The first-order chi connectivity index (χ1) is 8.84. The van der Waals surface area contributed by atoms with Crippen LogP contribution in [0.5, 0.6) is 0 Å². The normalized spacial score (nSPS) is 22.8. The maximum absolute atomic E-state index is 5.83. The second-order valence-electron chi connectivity index (χ2n) is 5.26. The van der Waals surface area contributed by atoms with Crippen molar-refractivity contribution in [2.45, 2.75) is 25.7 Å². The van der Waals surface area contributed by atoms with Gasteiger partial charge in [0.15, 0.2) is 5.96 Å². The topological polar surface area (TPSA) is 62.9 Å². The van der Waals surface area contributed by atoms with Crippen molar-refractivity contribution in [3.63, 3.8) is 0 Å². The summed E-state index contributed by atoms with van der Waals surface area (Å²) < 4.78 is 5.32. The molecular weight excluding hydrogens is 228 g/mol. The molecule has 0 aromatic rings. The number of guanidine groups is 1. The minimum absolute atomic E-state index is 0.615. The number of nitrogens with zero attached hydrogens (tertiary/aromatic N) is 2. The number of nitrogens with one attached hydrogen (secondary N) is 1. The summed E-state index contributed by atoms with van der Waals surface area (Å²) >= 11 is 0. The van der Waals surface area contributed by atoms with E-state index in [4.69, 9.17) is 10.5 Å². The van der Waals surface area contributed by atoms with E-state index in [0.717, 1.165) is 58.3 Å². The van der Waals surface area contributed by atoms with E-state index in [1.54, 1.807) is 0 Å². The molecule has 18 heavy (non-hydrogen) atoms. The molecule has 5 heteroatoms. The Labute approximate surface area is 110 Å². The monoisotopic (exact) mass is 254 g/mol. The molecule has 0 aromatic heterocycles. The van der Waals surface area contributed by atoms with Crippen LogP contribution in [-0.4, -0.2) is 56.8 Å². The summed E-state index contributed by atoms with van der Waals surface area (Å²) in [6, 6.07) is 0. The second kappa shape index (κ2) is 7.59. The van der Waals surface area contributed by atoms with Crippen LogP contribution in [0.4, 0.5) is 0 Å². The van der Waals surface area contributed by atoms with Crippen LogP contribution in [0, 0.1) is 5.92 Å². The van der Waals surface area contributed by atoms with Crippen molar-refractivity contribution in [2.75, 3.05) is 45.9 Å². The van der Waals surface area contributed by atoms with Crippen LogP contribution < -0.4 is 11.1 Å². The van der Waals surface area contributed by atoms with Crippen LogP contribution in [0.25, 0.3) is 0 Å². The minimum Gasteiger partial charge on any atom is -0.379 e. The van der Waals surface area contributed by atoms with Crippen molar-refractivity contribution < 1.29 is 4.74 Å². The predicted molar refractivity (Wildman–Crippen MR) is 73.7 cm³/mol. The highest BCUT2D eigenvalue weighted by atomic mass is 16.5. The summed E-state index contributed by atoms with van der Waals surface area (Å²) in [5.41, 5.74) is 5.83. The fourth-order valence-corrected chi connectivity index (χ4v) is 2.30. The SMILES string of the molecule is NC(=NCC1CCC1)NCCCN1CCOCC1. The zero-order valence-corrected chi connectivity index (χ0v) is 11.2. The number of morpholine rings is 1. The van der Waals surface area contributed by atoms with Gasteiger partial charge in [0.25, 0.3) is 0 Å². The number of hydrogen-bond donors (Lipinski definition) is 2. The van der Waals surface area contributed by atoms with E-state index in [0.29, 0.717) is 5.96 Å². The maximum Gasteiger partial charge on any atom is 0.188 e. The van der Waals surface area contributed by atoms with Crippen molar-refractivity contribution in [1.29, 1.82) is 0 Å². The lowest BCUT2D eigenvalue weighted by molar-refractivity contribution is 0.0376. The Morgan fingerprint density at radius 1 is 1.33 bits per heavy atom. The van der Waals surface area contributed by atoms with E-state index in [1.807, 2.05) is 0 Å². The van der Waals surface area contributed by atoms with Gasteiger partial charge in [-0.3, -0.25) is 9.89 Å². The quantitative estimate of drug-likeness (QED) is 0.409. The average molecular weight is 254 g/mol. The zero-order chi connectivity index (χ0) is 12.6. The lowest BCUT2D eigenvalue weighted by Gasteiger charge is -2.26. The van der Waals surface area contributed by atoms with Crippen LogP contribution in [0.3, 0.4) is 0 Å². The smallest absolute Gasteiger partial charge is 0.188 e. The third kappa shape index (κ3) is 4.82. The molecule has 2 rings (SSSR count). The van der Waals surface area contributed by atoms with Gasteiger partial charge in [-0.05, 0) is 31.7 Å². The number of rotatable bonds is 6. The van der Waals surface area contributed by atoms with Crippen LogP contribution in [0.15, 0.2) is 4.99 Å². The van der Waals surface area contributed by atoms with Gasteiger partial charge >= 0.3 is 0 Å². The molecule has 104 valence electrons. The summed E-state index contributed by atoms with van der Waals surface area (Å²) in [5.74, 6) is 1.41. The highest BCUT2D eigenvalue weighted by molar-refractivity contribution is 5.77. The first kappa shape index (κ1) is 13.6. The molecule has 0 bridgehead atoms. The highest BCUT2D eigenvalue weighted by Crippen LogP contribution is 2.26. The summed E-state index contributed by atoms with van der Waals surface area (Å²) in [6.07, 6.45) is 5.13. The number of ether oxygens (including phenoxy) is 1. The van der Waals surface area contributed by atoms with E-state index in [1.165, 1.54) is 19.3 Å². The Hall–Kier alpha value is -0.810. The largest absolute Gasteiger partial charge is 0.379 e. The molecular formula is C13H26N4O. The third-order valence-corrected chi connectivity index (χ3v) is 3.81. The Balaban J connectivity index is 1.48. The lowest BCUT2D eigenvalue weighted by atomic mass is 9.86. The van der Waals surface area contributed by atoms with E-state index in [2.05, 4.69) is 15.2 Å². The third-order valence-electron chi connectivity index (χ3n) is 3.81. The molecule has 1 aliphatic carbocycles. The van der Waals surface area contributed by atoms with Crippen LogP contribution in [-0.2, 0) is 4.74 Å². The molecule has 0 aromatic carbocycles. The molecule has 2 fully saturated rings. The molecule has 1 saturated carbocycles. The molecule has 1 heterocycles. The van der Waals surface area contributed by atoms with Gasteiger partial charge in [-0.2, -0.15) is 0 Å². The van der Waals surface area contributed by atoms with Crippen molar-refractivity contribution >= 4 is 5.96 Å². The van der Waals surface area contributed by atoms with E-state index < -0.39 is 0 Å². The van der Waals surface area contributed by atoms with Gasteiger partial charge in [-0.15, -0.1) is 0 Å². The fraction of sp³-hybridized carbons (Fsp3) is 0.923. The molecule has 0 unspecified atom stereocenters. The fourth-order valence-electron chi connectivity index (χ4n) is 2.30. The molecule has 0 spiro atoms. The number of hydrogen-bond acceptors (Lipinski definition) is 3. The maximum atomic E-state index is 5.83. The Kier molecular flexibility index (Phi) is 5.74. The first-order valence-electron chi connectivity index (χ1n) is 7.18. The van der Waals surface area contributed by atoms with Crippen molar-refractivity contribution in [2.24, 2.45) is 16.6 Å². The minimum atomic E-state index is 0.615. The van der Waals surface area contributed by atoms with Gasteiger partial charge in [0.1, 0.15) is 0 Å². The van der Waals surface area contributed by atoms with Crippen molar-refractivity contribution in [3.8, 4) is 0 Å². The molecule has 1 aliphatic heterocycles. The molecule has 5 nitrogen and oxygen atoms in total. The molecule has 3 N–H and O–H groups in total. The second-order valence-corrected chi connectivity index (χ2v) is 5.26. The van der Waals surface area contributed by atoms with Gasteiger partial charge in [0, 0.05) is 26.2 Å². The van der Waals surface area contributed by atoms with Gasteiger partial charge in [-0.1, -0.05) is 6.42 Å². The van der Waals surface area contributed by atoms with Gasteiger partial charge in [0.2, 0.25) is 0 Å². The Morgan fingerprint density at radius 2 is 2.11 bits per heavy atom. The lowest BCUT2D eigenvalue weighted by Crippen LogP contribution is -2.39. The molecule has 0 atom stereocenters. The van der Waals surface area contributed by atoms with E-state index in [-0.39, 0.29) is 0 Å². The van der Waals surface area contributed by atoms with Gasteiger partial charge < -0.3 is 15.8 Å².